The second kappa shape index (κ2) is 5.04. The molecule has 0 saturated carbocycles. The molecule has 17 heavy (non-hydrogen) atoms. The van der Waals surface area contributed by atoms with Crippen LogP contribution in [0.5, 0.6) is 0 Å². The van der Waals surface area contributed by atoms with Crippen LogP contribution in [0, 0.1) is 0 Å². The van der Waals surface area contributed by atoms with E-state index in [9.17, 15) is 13.2 Å². The van der Waals surface area contributed by atoms with E-state index in [4.69, 9.17) is 0 Å². The van der Waals surface area contributed by atoms with Gasteiger partial charge in [-0.1, -0.05) is 6.07 Å². The number of nitrogens with zero attached hydrogens (tertiary/aromatic N) is 2. The highest BCUT2D eigenvalue weighted by atomic mass is 19.4. The summed E-state index contributed by atoms with van der Waals surface area (Å²) in [6.45, 7) is 0.212. The summed E-state index contributed by atoms with van der Waals surface area (Å²) in [7, 11) is 0. The second-order valence-corrected chi connectivity index (χ2v) is 4.42. The minimum Gasteiger partial charge on any atom is -0.295 e. The van der Waals surface area contributed by atoms with Crippen molar-refractivity contribution >= 4 is 0 Å². The molecule has 5 heteroatoms. The SMILES string of the molecule is FC(F)(F)CN1CCC(c2ccccn2)CC1. The molecule has 0 N–H and O–H groups in total. The highest BCUT2D eigenvalue weighted by molar-refractivity contribution is 5.10. The van der Waals surface area contributed by atoms with E-state index in [1.54, 1.807) is 6.20 Å². The van der Waals surface area contributed by atoms with Crippen LogP contribution in [0.1, 0.15) is 24.5 Å². The van der Waals surface area contributed by atoms with E-state index in [-0.39, 0.29) is 0 Å². The van der Waals surface area contributed by atoms with Gasteiger partial charge in [0.05, 0.1) is 6.54 Å². The maximum absolute atomic E-state index is 12.2. The normalized spacial score (nSPS) is 19.5. The largest absolute Gasteiger partial charge is 0.401 e. The lowest BCUT2D eigenvalue weighted by Crippen LogP contribution is -2.39. The number of pyridine rings is 1. The average Bonchev–Trinajstić information content (AvgIpc) is 2.29. The van der Waals surface area contributed by atoms with Crippen molar-refractivity contribution in [2.45, 2.75) is 24.9 Å². The topological polar surface area (TPSA) is 16.1 Å². The third-order valence-corrected chi connectivity index (χ3v) is 3.10. The summed E-state index contributed by atoms with van der Waals surface area (Å²) in [6, 6.07) is 5.72. The van der Waals surface area contributed by atoms with Crippen molar-refractivity contribution in [3.63, 3.8) is 0 Å². The number of likely N-dealkylation sites (tertiary alicyclic amines) is 1. The van der Waals surface area contributed by atoms with Crippen LogP contribution in [0.4, 0.5) is 13.2 Å². The Balaban J connectivity index is 1.86. The summed E-state index contributed by atoms with van der Waals surface area (Å²) in [5.41, 5.74) is 0.999. The average molecular weight is 244 g/mol. The molecule has 0 spiro atoms. The van der Waals surface area contributed by atoms with Gasteiger partial charge < -0.3 is 0 Å². The monoisotopic (exact) mass is 244 g/mol. The number of piperidine rings is 1. The zero-order valence-electron chi connectivity index (χ0n) is 9.45. The van der Waals surface area contributed by atoms with Gasteiger partial charge in [0.1, 0.15) is 0 Å². The van der Waals surface area contributed by atoms with E-state index < -0.39 is 12.7 Å². The first-order valence-corrected chi connectivity index (χ1v) is 5.74. The molecule has 0 aromatic carbocycles. The van der Waals surface area contributed by atoms with Crippen molar-refractivity contribution in [1.82, 2.24) is 9.88 Å². The summed E-state index contributed by atoms with van der Waals surface area (Å²) in [5.74, 6) is 0.306. The Morgan fingerprint density at radius 2 is 1.94 bits per heavy atom. The molecule has 0 atom stereocenters. The molecule has 1 saturated heterocycles. The summed E-state index contributed by atoms with van der Waals surface area (Å²) in [6.07, 6.45) is -0.838. The van der Waals surface area contributed by atoms with Crippen molar-refractivity contribution in [3.8, 4) is 0 Å². The summed E-state index contributed by atoms with van der Waals surface area (Å²) < 4.78 is 36.6. The van der Waals surface area contributed by atoms with Gasteiger partial charge in [0.15, 0.2) is 0 Å². The molecule has 2 rings (SSSR count). The lowest BCUT2D eigenvalue weighted by atomic mass is 9.93. The fourth-order valence-electron chi connectivity index (χ4n) is 2.26. The number of halogens is 3. The fourth-order valence-corrected chi connectivity index (χ4v) is 2.26. The van der Waals surface area contributed by atoms with E-state index in [0.29, 0.717) is 19.0 Å². The molecule has 0 unspecified atom stereocenters. The molecule has 2 heterocycles. The van der Waals surface area contributed by atoms with Crippen molar-refractivity contribution in [1.29, 1.82) is 0 Å². The molecule has 1 aliphatic rings. The Hall–Kier alpha value is -1.10. The fraction of sp³-hybridized carbons (Fsp3) is 0.583. The molecule has 1 fully saturated rings. The predicted molar refractivity (Wildman–Crippen MR) is 58.7 cm³/mol. The summed E-state index contributed by atoms with van der Waals surface area (Å²) in [4.78, 5) is 5.73. The smallest absolute Gasteiger partial charge is 0.295 e. The van der Waals surface area contributed by atoms with E-state index in [2.05, 4.69) is 4.98 Å². The van der Waals surface area contributed by atoms with Gasteiger partial charge in [-0.15, -0.1) is 0 Å². The molecule has 0 amide bonds. The third-order valence-electron chi connectivity index (χ3n) is 3.10. The van der Waals surface area contributed by atoms with E-state index in [1.807, 2.05) is 18.2 Å². The molecular formula is C12H15F3N2. The minimum absolute atomic E-state index is 0.306. The minimum atomic E-state index is -4.09. The summed E-state index contributed by atoms with van der Waals surface area (Å²) in [5, 5.41) is 0. The van der Waals surface area contributed by atoms with Crippen LogP contribution in [0.25, 0.3) is 0 Å². The molecule has 0 bridgehead atoms. The number of aromatic nitrogens is 1. The predicted octanol–water partition coefficient (Wildman–Crippen LogP) is 2.82. The van der Waals surface area contributed by atoms with Crippen LogP contribution in [0.3, 0.4) is 0 Å². The molecule has 1 aromatic rings. The molecule has 1 aliphatic heterocycles. The first kappa shape index (κ1) is 12.4. The van der Waals surface area contributed by atoms with Gasteiger partial charge in [0, 0.05) is 17.8 Å². The van der Waals surface area contributed by atoms with Crippen LogP contribution < -0.4 is 0 Å². The van der Waals surface area contributed by atoms with Gasteiger partial charge in [0.2, 0.25) is 0 Å². The number of hydrogen-bond donors (Lipinski definition) is 0. The van der Waals surface area contributed by atoms with Crippen LogP contribution in [0.15, 0.2) is 24.4 Å². The van der Waals surface area contributed by atoms with Crippen LogP contribution in [-0.2, 0) is 0 Å². The van der Waals surface area contributed by atoms with Gasteiger partial charge in [-0.2, -0.15) is 13.2 Å². The van der Waals surface area contributed by atoms with Crippen molar-refractivity contribution in [2.75, 3.05) is 19.6 Å². The number of alkyl halides is 3. The zero-order valence-corrected chi connectivity index (χ0v) is 9.45. The lowest BCUT2D eigenvalue weighted by molar-refractivity contribution is -0.147. The molecule has 2 nitrogen and oxygen atoms in total. The number of hydrogen-bond acceptors (Lipinski definition) is 2. The molecule has 1 aromatic heterocycles. The first-order valence-electron chi connectivity index (χ1n) is 5.74. The highest BCUT2D eigenvalue weighted by Gasteiger charge is 2.32. The quantitative estimate of drug-likeness (QED) is 0.795. The lowest BCUT2D eigenvalue weighted by Gasteiger charge is -2.32. The van der Waals surface area contributed by atoms with Gasteiger partial charge in [-0.25, -0.2) is 0 Å². The highest BCUT2D eigenvalue weighted by Crippen LogP contribution is 2.28. The Bertz CT molecular complexity index is 343. The van der Waals surface area contributed by atoms with Crippen molar-refractivity contribution in [3.05, 3.63) is 30.1 Å². The molecule has 0 aliphatic carbocycles. The van der Waals surface area contributed by atoms with Gasteiger partial charge >= 0.3 is 6.18 Å². The van der Waals surface area contributed by atoms with E-state index >= 15 is 0 Å². The molecule has 94 valence electrons. The van der Waals surface area contributed by atoms with Crippen LogP contribution in [0.2, 0.25) is 0 Å². The van der Waals surface area contributed by atoms with E-state index in [0.717, 1.165) is 18.5 Å². The Labute approximate surface area is 98.5 Å². The van der Waals surface area contributed by atoms with Crippen LogP contribution in [-0.4, -0.2) is 35.7 Å². The van der Waals surface area contributed by atoms with Gasteiger partial charge in [-0.05, 0) is 38.1 Å². The van der Waals surface area contributed by atoms with Gasteiger partial charge in [0.25, 0.3) is 0 Å². The Kier molecular flexibility index (Phi) is 3.66. The Morgan fingerprint density at radius 1 is 1.24 bits per heavy atom. The first-order chi connectivity index (χ1) is 8.04. The zero-order chi connectivity index (χ0) is 12.3. The second-order valence-electron chi connectivity index (χ2n) is 4.42. The molecule has 0 radical (unpaired) electrons. The van der Waals surface area contributed by atoms with E-state index in [1.165, 1.54) is 4.90 Å². The standard InChI is InChI=1S/C12H15F3N2/c13-12(14,15)9-17-7-4-10(5-8-17)11-3-1-2-6-16-11/h1-3,6,10H,4-5,7-9H2. The van der Waals surface area contributed by atoms with Crippen molar-refractivity contribution in [2.24, 2.45) is 0 Å². The third kappa shape index (κ3) is 3.70. The van der Waals surface area contributed by atoms with Gasteiger partial charge in [-0.3, -0.25) is 9.88 Å². The summed E-state index contributed by atoms with van der Waals surface area (Å²) >= 11 is 0. The van der Waals surface area contributed by atoms with Crippen LogP contribution >= 0.6 is 0 Å². The maximum atomic E-state index is 12.2. The number of rotatable bonds is 2. The maximum Gasteiger partial charge on any atom is 0.401 e. The Morgan fingerprint density at radius 3 is 2.47 bits per heavy atom. The molecular weight excluding hydrogens is 229 g/mol. The van der Waals surface area contributed by atoms with Crippen molar-refractivity contribution < 1.29 is 13.2 Å².